The monoisotopic (exact) mass is 530 g/mol. The Morgan fingerprint density at radius 1 is 0.892 bits per heavy atom. The highest BCUT2D eigenvalue weighted by Crippen LogP contribution is 2.41. The van der Waals surface area contributed by atoms with Gasteiger partial charge in [-0.2, -0.15) is 26.3 Å². The number of fused-ring (bicyclic) bond motifs is 1. The van der Waals surface area contributed by atoms with E-state index in [0.29, 0.717) is 5.75 Å². The number of para-hydroxylation sites is 1. The van der Waals surface area contributed by atoms with Crippen LogP contribution in [0.15, 0.2) is 71.7 Å². The maximum atomic E-state index is 14.1. The maximum absolute atomic E-state index is 14.1. The molecule has 1 aliphatic heterocycles. The number of aliphatic imine (C=N–C) groups is 1. The molecule has 0 saturated carbocycles. The van der Waals surface area contributed by atoms with Crippen LogP contribution in [0, 0.1) is 11.7 Å². The first-order chi connectivity index (χ1) is 17.5. The van der Waals surface area contributed by atoms with Crippen molar-refractivity contribution in [1.29, 1.82) is 0 Å². The summed E-state index contributed by atoms with van der Waals surface area (Å²) < 4.78 is 110. The van der Waals surface area contributed by atoms with Crippen molar-refractivity contribution in [2.75, 3.05) is 6.79 Å². The first-order valence-electron chi connectivity index (χ1n) is 10.5. The van der Waals surface area contributed by atoms with Crippen LogP contribution in [0.2, 0.25) is 0 Å². The standard InChI is InChI=1S/C24H17F7N2O4/c25-17-8-6-14(10-19(17)37-16-4-2-1-3-5-16)12-36-33-22(21(23(26,27)28)24(29,30)31)32-15-7-9-18-20(11-15)35-13-34-18/h1-11,21H,12-13H2,(H,32,33). The highest BCUT2D eigenvalue weighted by molar-refractivity contribution is 5.87. The number of nitrogens with zero attached hydrogens (tertiary/aromatic N) is 1. The fourth-order valence-corrected chi connectivity index (χ4v) is 3.26. The van der Waals surface area contributed by atoms with Crippen molar-refractivity contribution >= 4 is 11.5 Å². The Bertz CT molecular complexity index is 1250. The van der Waals surface area contributed by atoms with Crippen molar-refractivity contribution < 1.29 is 49.8 Å². The van der Waals surface area contributed by atoms with Crippen LogP contribution in [0.25, 0.3) is 0 Å². The van der Waals surface area contributed by atoms with Crippen molar-refractivity contribution in [1.82, 2.24) is 5.48 Å². The molecule has 0 fully saturated rings. The second-order valence-corrected chi connectivity index (χ2v) is 7.62. The minimum absolute atomic E-state index is 0.106. The summed E-state index contributed by atoms with van der Waals surface area (Å²) >= 11 is 0. The molecule has 0 bridgehead atoms. The summed E-state index contributed by atoms with van der Waals surface area (Å²) in [4.78, 5) is 8.46. The minimum Gasteiger partial charge on any atom is -0.454 e. The van der Waals surface area contributed by atoms with Crippen molar-refractivity contribution in [3.8, 4) is 23.0 Å². The van der Waals surface area contributed by atoms with E-state index in [1.165, 1.54) is 18.2 Å². The molecule has 1 N–H and O–H groups in total. The summed E-state index contributed by atoms with van der Waals surface area (Å²) in [5.41, 5.74) is 1.61. The van der Waals surface area contributed by atoms with E-state index in [1.54, 1.807) is 35.8 Å². The number of rotatable bonds is 7. The zero-order valence-electron chi connectivity index (χ0n) is 18.6. The third kappa shape index (κ3) is 6.61. The fraction of sp³-hybridized carbons (Fsp3) is 0.208. The second-order valence-electron chi connectivity index (χ2n) is 7.62. The van der Waals surface area contributed by atoms with Gasteiger partial charge in [0.25, 0.3) is 0 Å². The fourth-order valence-electron chi connectivity index (χ4n) is 3.26. The van der Waals surface area contributed by atoms with E-state index in [-0.39, 0.29) is 35.3 Å². The SMILES string of the molecule is Fc1ccc(CONC(=Nc2ccc3c(c2)OCO3)C(C(F)(F)F)C(F)(F)F)cc1Oc1ccccc1. The van der Waals surface area contributed by atoms with Crippen LogP contribution in [0.4, 0.5) is 36.4 Å². The first-order valence-corrected chi connectivity index (χ1v) is 10.5. The van der Waals surface area contributed by atoms with Gasteiger partial charge in [0.05, 0.1) is 12.3 Å². The molecule has 0 aromatic heterocycles. The Kier molecular flexibility index (Phi) is 7.43. The van der Waals surface area contributed by atoms with Crippen LogP contribution in [0.1, 0.15) is 5.56 Å². The van der Waals surface area contributed by atoms with Gasteiger partial charge >= 0.3 is 12.4 Å². The molecule has 0 radical (unpaired) electrons. The predicted octanol–water partition coefficient (Wildman–Crippen LogP) is 6.84. The van der Waals surface area contributed by atoms with E-state index < -0.39 is 36.5 Å². The van der Waals surface area contributed by atoms with Gasteiger partial charge in [0, 0.05) is 6.07 Å². The first kappa shape index (κ1) is 26.1. The van der Waals surface area contributed by atoms with Crippen molar-refractivity contribution in [3.05, 3.63) is 78.1 Å². The summed E-state index contributed by atoms with van der Waals surface area (Å²) in [6, 6.07) is 15.2. The molecule has 1 aliphatic rings. The zero-order valence-corrected chi connectivity index (χ0v) is 18.6. The normalized spacial score (nSPS) is 13.7. The minimum atomic E-state index is -5.74. The number of benzene rings is 3. The molecule has 0 amide bonds. The number of hydrogen-bond acceptors (Lipinski definition) is 5. The quantitative estimate of drug-likeness (QED) is 0.157. The molecular formula is C24H17F7N2O4. The Hall–Kier alpha value is -4.00. The third-order valence-electron chi connectivity index (χ3n) is 4.92. The van der Waals surface area contributed by atoms with E-state index in [4.69, 9.17) is 19.0 Å². The van der Waals surface area contributed by atoms with Crippen LogP contribution < -0.4 is 19.7 Å². The predicted molar refractivity (Wildman–Crippen MR) is 116 cm³/mol. The van der Waals surface area contributed by atoms with Gasteiger partial charge in [-0.25, -0.2) is 9.38 Å². The molecular weight excluding hydrogens is 513 g/mol. The largest absolute Gasteiger partial charge is 0.454 e. The molecule has 37 heavy (non-hydrogen) atoms. The number of alkyl halides is 6. The van der Waals surface area contributed by atoms with Gasteiger partial charge in [-0.15, -0.1) is 0 Å². The molecule has 0 aliphatic carbocycles. The Morgan fingerprint density at radius 3 is 2.30 bits per heavy atom. The van der Waals surface area contributed by atoms with Crippen molar-refractivity contribution in [2.24, 2.45) is 10.9 Å². The Labute approximate surface area is 205 Å². The van der Waals surface area contributed by atoms with Crippen molar-refractivity contribution in [2.45, 2.75) is 19.0 Å². The van der Waals surface area contributed by atoms with E-state index >= 15 is 0 Å². The van der Waals surface area contributed by atoms with Crippen LogP contribution in [0.5, 0.6) is 23.0 Å². The molecule has 3 aromatic carbocycles. The van der Waals surface area contributed by atoms with Crippen LogP contribution in [0.3, 0.4) is 0 Å². The number of hydrogen-bond donors (Lipinski definition) is 1. The molecule has 1 heterocycles. The van der Waals surface area contributed by atoms with E-state index in [0.717, 1.165) is 18.2 Å². The van der Waals surface area contributed by atoms with Gasteiger partial charge < -0.3 is 14.2 Å². The molecule has 3 aromatic rings. The summed E-state index contributed by atoms with van der Waals surface area (Å²) in [5, 5.41) is 0. The maximum Gasteiger partial charge on any atom is 0.407 e. The summed E-state index contributed by atoms with van der Waals surface area (Å²) in [7, 11) is 0. The molecule has 0 saturated heterocycles. The smallest absolute Gasteiger partial charge is 0.407 e. The highest BCUT2D eigenvalue weighted by atomic mass is 19.4. The number of halogens is 7. The molecule has 196 valence electrons. The number of nitrogens with one attached hydrogen (secondary N) is 1. The molecule has 0 atom stereocenters. The van der Waals surface area contributed by atoms with Gasteiger partial charge in [0.2, 0.25) is 12.7 Å². The molecule has 0 unspecified atom stereocenters. The lowest BCUT2D eigenvalue weighted by molar-refractivity contribution is -0.262. The van der Waals surface area contributed by atoms with Crippen LogP contribution >= 0.6 is 0 Å². The lowest BCUT2D eigenvalue weighted by Crippen LogP contribution is -2.47. The summed E-state index contributed by atoms with van der Waals surface area (Å²) in [6.07, 6.45) is -11.5. The topological polar surface area (TPSA) is 61.3 Å². The van der Waals surface area contributed by atoms with E-state index in [9.17, 15) is 30.7 Å². The van der Waals surface area contributed by atoms with Crippen LogP contribution in [-0.4, -0.2) is 25.0 Å². The average molecular weight is 530 g/mol. The van der Waals surface area contributed by atoms with Gasteiger partial charge in [0.15, 0.2) is 23.1 Å². The lowest BCUT2D eigenvalue weighted by atomic mass is 10.1. The number of hydroxylamine groups is 1. The third-order valence-corrected chi connectivity index (χ3v) is 4.92. The molecule has 4 rings (SSSR count). The van der Waals surface area contributed by atoms with Gasteiger partial charge in [-0.1, -0.05) is 24.3 Å². The molecule has 13 heteroatoms. The molecule has 0 spiro atoms. The number of ether oxygens (including phenoxy) is 3. The number of amidine groups is 1. The Balaban J connectivity index is 1.55. The van der Waals surface area contributed by atoms with Gasteiger partial charge in [0.1, 0.15) is 11.6 Å². The zero-order chi connectivity index (χ0) is 26.6. The average Bonchev–Trinajstić information content (AvgIpc) is 3.28. The lowest BCUT2D eigenvalue weighted by Gasteiger charge is -2.25. The van der Waals surface area contributed by atoms with Gasteiger partial charge in [-0.05, 0) is 42.0 Å². The van der Waals surface area contributed by atoms with E-state index in [1.807, 2.05) is 0 Å². The highest BCUT2D eigenvalue weighted by Gasteiger charge is 2.60. The van der Waals surface area contributed by atoms with Crippen molar-refractivity contribution in [3.63, 3.8) is 0 Å². The van der Waals surface area contributed by atoms with E-state index in [2.05, 4.69) is 4.99 Å². The molecule has 6 nitrogen and oxygen atoms in total. The second kappa shape index (κ2) is 10.5. The van der Waals surface area contributed by atoms with Crippen LogP contribution in [-0.2, 0) is 11.4 Å². The summed E-state index contributed by atoms with van der Waals surface area (Å²) in [6.45, 7) is -0.702. The summed E-state index contributed by atoms with van der Waals surface area (Å²) in [5.74, 6) is -5.80. The Morgan fingerprint density at radius 2 is 1.59 bits per heavy atom. The van der Waals surface area contributed by atoms with Gasteiger partial charge in [-0.3, -0.25) is 10.3 Å².